The van der Waals surface area contributed by atoms with Gasteiger partial charge in [0.2, 0.25) is 5.91 Å². The number of hydrogen-bond acceptors (Lipinski definition) is 4. The molecule has 0 bridgehead atoms. The van der Waals surface area contributed by atoms with Crippen molar-refractivity contribution in [1.82, 2.24) is 19.7 Å². The highest BCUT2D eigenvalue weighted by molar-refractivity contribution is 6.02. The van der Waals surface area contributed by atoms with Crippen LogP contribution in [0.1, 0.15) is 11.1 Å². The zero-order chi connectivity index (χ0) is 21.1. The summed E-state index contributed by atoms with van der Waals surface area (Å²) in [5.41, 5.74) is 4.25. The lowest BCUT2D eigenvalue weighted by molar-refractivity contribution is -0.133. The number of alkyl halides is 2. The van der Waals surface area contributed by atoms with Gasteiger partial charge in [-0.1, -0.05) is 12.1 Å². The second-order valence-electron chi connectivity index (χ2n) is 7.39. The summed E-state index contributed by atoms with van der Waals surface area (Å²) in [5, 5.41) is 6.98. The van der Waals surface area contributed by atoms with Crippen molar-refractivity contribution in [2.24, 2.45) is 7.05 Å². The van der Waals surface area contributed by atoms with E-state index in [1.165, 1.54) is 6.08 Å². The number of pyridine rings is 1. The standard InChI is InChI=1S/C22H21F2N5O/c1-28-13-18(11-26-28)20-8-9-25-10-17(20)4-7-21(30)27-19-5-2-16(3-6-19)12-29-14-22(23,24)15-29/h2-11,13H,12,14-15H2,1H3,(H,27,30). The molecule has 0 aliphatic carbocycles. The van der Waals surface area contributed by atoms with Crippen LogP contribution < -0.4 is 5.32 Å². The molecule has 1 N–H and O–H groups in total. The highest BCUT2D eigenvalue weighted by atomic mass is 19.3. The van der Waals surface area contributed by atoms with Gasteiger partial charge in [0.1, 0.15) is 0 Å². The van der Waals surface area contributed by atoms with Crippen molar-refractivity contribution in [2.75, 3.05) is 18.4 Å². The lowest BCUT2D eigenvalue weighted by Crippen LogP contribution is -2.55. The first-order valence-electron chi connectivity index (χ1n) is 9.49. The molecule has 2 aromatic heterocycles. The zero-order valence-corrected chi connectivity index (χ0v) is 16.4. The molecule has 3 aromatic rings. The number of aromatic nitrogens is 3. The van der Waals surface area contributed by atoms with Crippen LogP contribution in [0.15, 0.2) is 61.2 Å². The van der Waals surface area contributed by atoms with Gasteiger partial charge in [-0.2, -0.15) is 5.10 Å². The molecule has 8 heteroatoms. The van der Waals surface area contributed by atoms with Gasteiger partial charge in [-0.05, 0) is 35.4 Å². The lowest BCUT2D eigenvalue weighted by atomic mass is 10.0. The van der Waals surface area contributed by atoms with E-state index in [2.05, 4.69) is 15.4 Å². The van der Waals surface area contributed by atoms with Crippen LogP contribution in [0.25, 0.3) is 17.2 Å². The van der Waals surface area contributed by atoms with Gasteiger partial charge in [-0.25, -0.2) is 8.78 Å². The minimum absolute atomic E-state index is 0.203. The number of carbonyl (C=O) groups is 1. The van der Waals surface area contributed by atoms with Crippen LogP contribution in [0.2, 0.25) is 0 Å². The third-order valence-corrected chi connectivity index (χ3v) is 4.82. The molecule has 1 aromatic carbocycles. The molecule has 4 rings (SSSR count). The molecular weight excluding hydrogens is 388 g/mol. The number of carbonyl (C=O) groups excluding carboxylic acids is 1. The molecule has 1 aliphatic rings. The van der Waals surface area contributed by atoms with E-state index in [-0.39, 0.29) is 19.0 Å². The maximum atomic E-state index is 12.9. The van der Waals surface area contributed by atoms with Crippen LogP contribution in [0.4, 0.5) is 14.5 Å². The molecule has 6 nitrogen and oxygen atoms in total. The van der Waals surface area contributed by atoms with E-state index in [0.29, 0.717) is 12.2 Å². The van der Waals surface area contributed by atoms with Gasteiger partial charge in [0.15, 0.2) is 0 Å². The van der Waals surface area contributed by atoms with Gasteiger partial charge >= 0.3 is 0 Å². The monoisotopic (exact) mass is 409 g/mol. The highest BCUT2D eigenvalue weighted by Gasteiger charge is 2.43. The Morgan fingerprint density at radius 3 is 2.63 bits per heavy atom. The molecule has 0 spiro atoms. The second kappa shape index (κ2) is 8.16. The van der Waals surface area contributed by atoms with Crippen LogP contribution >= 0.6 is 0 Å². The number of aryl methyl sites for hydroxylation is 1. The van der Waals surface area contributed by atoms with E-state index in [1.807, 2.05) is 31.4 Å². The Kier molecular flexibility index (Phi) is 5.41. The average molecular weight is 409 g/mol. The first kappa shape index (κ1) is 19.9. The molecular formula is C22H21F2N5O. The van der Waals surface area contributed by atoms with Crippen molar-refractivity contribution in [1.29, 1.82) is 0 Å². The summed E-state index contributed by atoms with van der Waals surface area (Å²) in [6.07, 6.45) is 10.2. The molecule has 1 saturated heterocycles. The fourth-order valence-corrected chi connectivity index (χ4v) is 3.38. The number of amides is 1. The minimum atomic E-state index is -2.56. The summed E-state index contributed by atoms with van der Waals surface area (Å²) in [6.45, 7) is 0.0686. The Hall–Kier alpha value is -3.39. The molecule has 0 saturated carbocycles. The highest BCUT2D eigenvalue weighted by Crippen LogP contribution is 2.28. The van der Waals surface area contributed by atoms with Crippen molar-refractivity contribution in [3.8, 4) is 11.1 Å². The zero-order valence-electron chi connectivity index (χ0n) is 16.4. The molecule has 1 amide bonds. The maximum absolute atomic E-state index is 12.9. The number of halogens is 2. The number of nitrogens with zero attached hydrogens (tertiary/aromatic N) is 4. The molecule has 0 atom stereocenters. The van der Waals surface area contributed by atoms with Gasteiger partial charge in [-0.3, -0.25) is 19.4 Å². The van der Waals surface area contributed by atoms with E-state index in [9.17, 15) is 13.6 Å². The SMILES string of the molecule is Cn1cc(-c2ccncc2C=CC(=O)Nc2ccc(CN3CC(F)(F)C3)cc2)cn1. The number of nitrogens with one attached hydrogen (secondary N) is 1. The fourth-order valence-electron chi connectivity index (χ4n) is 3.38. The van der Waals surface area contributed by atoms with Crippen molar-refractivity contribution < 1.29 is 13.6 Å². The number of anilines is 1. The van der Waals surface area contributed by atoms with Gasteiger partial charge < -0.3 is 5.32 Å². The quantitative estimate of drug-likeness (QED) is 0.632. The molecule has 0 unspecified atom stereocenters. The molecule has 3 heterocycles. The second-order valence-corrected chi connectivity index (χ2v) is 7.39. The first-order valence-corrected chi connectivity index (χ1v) is 9.49. The normalized spacial score (nSPS) is 15.8. The van der Waals surface area contributed by atoms with Gasteiger partial charge in [0.25, 0.3) is 5.92 Å². The Bertz CT molecular complexity index is 1070. The van der Waals surface area contributed by atoms with E-state index in [0.717, 1.165) is 22.3 Å². The number of rotatable bonds is 6. The van der Waals surface area contributed by atoms with Crippen molar-refractivity contribution in [2.45, 2.75) is 12.5 Å². The number of hydrogen-bond donors (Lipinski definition) is 1. The van der Waals surface area contributed by atoms with Gasteiger partial charge in [0.05, 0.1) is 19.3 Å². The smallest absolute Gasteiger partial charge is 0.272 e. The third kappa shape index (κ3) is 4.77. The van der Waals surface area contributed by atoms with E-state index >= 15 is 0 Å². The lowest BCUT2D eigenvalue weighted by Gasteiger charge is -2.38. The van der Waals surface area contributed by atoms with Crippen LogP contribution in [0, 0.1) is 0 Å². The van der Waals surface area contributed by atoms with E-state index in [1.54, 1.807) is 46.4 Å². The number of benzene rings is 1. The summed E-state index contributed by atoms with van der Waals surface area (Å²) in [7, 11) is 1.85. The maximum Gasteiger partial charge on any atom is 0.272 e. The van der Waals surface area contributed by atoms with Crippen molar-refractivity contribution in [3.63, 3.8) is 0 Å². The van der Waals surface area contributed by atoms with Crippen molar-refractivity contribution >= 4 is 17.7 Å². The molecule has 1 aliphatic heterocycles. The average Bonchev–Trinajstić information content (AvgIpc) is 3.13. The molecule has 154 valence electrons. The molecule has 0 radical (unpaired) electrons. The van der Waals surface area contributed by atoms with Crippen LogP contribution in [-0.4, -0.2) is 44.6 Å². The Balaban J connectivity index is 1.36. The molecule has 1 fully saturated rings. The van der Waals surface area contributed by atoms with E-state index in [4.69, 9.17) is 0 Å². The Morgan fingerprint density at radius 2 is 1.97 bits per heavy atom. The summed E-state index contributed by atoms with van der Waals surface area (Å²) < 4.78 is 27.5. The van der Waals surface area contributed by atoms with Crippen molar-refractivity contribution in [3.05, 3.63) is 72.3 Å². The fraction of sp³-hybridized carbons (Fsp3) is 0.227. The summed E-state index contributed by atoms with van der Waals surface area (Å²) in [6, 6.07) is 9.07. The predicted octanol–water partition coefficient (Wildman–Crippen LogP) is 3.58. The summed E-state index contributed by atoms with van der Waals surface area (Å²) in [5.74, 6) is -2.84. The van der Waals surface area contributed by atoms with E-state index < -0.39 is 5.92 Å². The van der Waals surface area contributed by atoms with Crippen LogP contribution in [0.5, 0.6) is 0 Å². The largest absolute Gasteiger partial charge is 0.323 e. The third-order valence-electron chi connectivity index (χ3n) is 4.82. The topological polar surface area (TPSA) is 63.1 Å². The Labute approximate surface area is 172 Å². The summed E-state index contributed by atoms with van der Waals surface area (Å²) >= 11 is 0. The van der Waals surface area contributed by atoms with Gasteiger partial charge in [0, 0.05) is 55.1 Å². The van der Waals surface area contributed by atoms with Crippen LogP contribution in [-0.2, 0) is 18.4 Å². The predicted molar refractivity (Wildman–Crippen MR) is 111 cm³/mol. The number of likely N-dealkylation sites (tertiary alicyclic amines) is 1. The molecule has 30 heavy (non-hydrogen) atoms. The van der Waals surface area contributed by atoms with Crippen LogP contribution in [0.3, 0.4) is 0 Å². The first-order chi connectivity index (χ1) is 14.4. The van der Waals surface area contributed by atoms with Gasteiger partial charge in [-0.15, -0.1) is 0 Å². The summed E-state index contributed by atoms with van der Waals surface area (Å²) in [4.78, 5) is 18.1. The minimum Gasteiger partial charge on any atom is -0.323 e. The Morgan fingerprint density at radius 1 is 1.20 bits per heavy atom.